The van der Waals surface area contributed by atoms with Gasteiger partial charge in [-0.1, -0.05) is 19.9 Å². The quantitative estimate of drug-likeness (QED) is 0.927. The van der Waals surface area contributed by atoms with Gasteiger partial charge >= 0.3 is 0 Å². The second kappa shape index (κ2) is 7.03. The van der Waals surface area contributed by atoms with Crippen molar-refractivity contribution >= 4 is 5.91 Å². The van der Waals surface area contributed by atoms with E-state index in [2.05, 4.69) is 13.8 Å². The summed E-state index contributed by atoms with van der Waals surface area (Å²) in [6, 6.07) is 4.65. The van der Waals surface area contributed by atoms with Gasteiger partial charge in [0, 0.05) is 26.1 Å². The number of rotatable bonds is 4. The molecule has 116 valence electrons. The first-order valence-electron chi connectivity index (χ1n) is 7.76. The smallest absolute Gasteiger partial charge is 0.222 e. The molecule has 1 saturated heterocycles. The lowest BCUT2D eigenvalue weighted by molar-refractivity contribution is -0.131. The van der Waals surface area contributed by atoms with Crippen LogP contribution in [-0.4, -0.2) is 17.4 Å². The highest BCUT2D eigenvalue weighted by Crippen LogP contribution is 2.26. The maximum absolute atomic E-state index is 13.3. The number of hydrogen-bond acceptors (Lipinski definition) is 2. The molecule has 2 N–H and O–H groups in total. The van der Waals surface area contributed by atoms with Gasteiger partial charge in [0.25, 0.3) is 0 Å². The lowest BCUT2D eigenvalue weighted by Gasteiger charge is -2.23. The first kappa shape index (κ1) is 16.0. The van der Waals surface area contributed by atoms with Gasteiger partial charge in [-0.15, -0.1) is 0 Å². The number of likely N-dealkylation sites (tertiary alicyclic amines) is 1. The molecule has 1 aromatic carbocycles. The Morgan fingerprint density at radius 3 is 2.76 bits per heavy atom. The van der Waals surface area contributed by atoms with Gasteiger partial charge in [0.1, 0.15) is 5.82 Å². The van der Waals surface area contributed by atoms with Crippen LogP contribution in [-0.2, 0) is 17.9 Å². The molecule has 4 heteroatoms. The molecular weight excluding hydrogens is 267 g/mol. The number of nitrogens with two attached hydrogens (primary N) is 1. The molecule has 1 fully saturated rings. The Hall–Kier alpha value is -1.42. The molecule has 1 atom stereocenters. The zero-order valence-electron chi connectivity index (χ0n) is 12.9. The Kier molecular flexibility index (Phi) is 5.34. The van der Waals surface area contributed by atoms with Gasteiger partial charge in [-0.05, 0) is 47.9 Å². The maximum atomic E-state index is 13.3. The molecule has 3 nitrogen and oxygen atoms in total. The lowest BCUT2D eigenvalue weighted by atomic mass is 9.89. The number of carbonyl (C=O) groups is 1. The number of hydrogen-bond donors (Lipinski definition) is 1. The summed E-state index contributed by atoms with van der Waals surface area (Å²) in [6.45, 7) is 6.05. The molecule has 0 spiro atoms. The predicted octanol–water partition coefficient (Wildman–Crippen LogP) is 3.07. The number of nitrogens with zero attached hydrogens (tertiary/aromatic N) is 1. The summed E-state index contributed by atoms with van der Waals surface area (Å²) in [6.07, 6.45) is 2.63. The highest BCUT2D eigenvalue weighted by molar-refractivity contribution is 5.76. The van der Waals surface area contributed by atoms with Crippen LogP contribution in [0.4, 0.5) is 4.39 Å². The normalized spacial score (nSPS) is 20.0. The van der Waals surface area contributed by atoms with E-state index in [1.807, 2.05) is 4.90 Å². The molecule has 0 aliphatic carbocycles. The summed E-state index contributed by atoms with van der Waals surface area (Å²) < 4.78 is 13.3. The number of halogens is 1. The molecule has 0 bridgehead atoms. The Morgan fingerprint density at radius 1 is 1.33 bits per heavy atom. The van der Waals surface area contributed by atoms with Crippen molar-refractivity contribution in [2.75, 3.05) is 6.54 Å². The highest BCUT2D eigenvalue weighted by atomic mass is 19.1. The average Bonchev–Trinajstić information content (AvgIpc) is 2.63. The summed E-state index contributed by atoms with van der Waals surface area (Å²) in [5.41, 5.74) is 7.42. The van der Waals surface area contributed by atoms with E-state index in [-0.39, 0.29) is 11.7 Å². The van der Waals surface area contributed by atoms with E-state index < -0.39 is 0 Å². The van der Waals surface area contributed by atoms with E-state index in [4.69, 9.17) is 5.73 Å². The number of carbonyl (C=O) groups excluding carboxylic acids is 1. The van der Waals surface area contributed by atoms with E-state index in [1.54, 1.807) is 6.07 Å². The van der Waals surface area contributed by atoms with Crippen molar-refractivity contribution in [3.05, 3.63) is 35.1 Å². The summed E-state index contributed by atoms with van der Waals surface area (Å²) in [5.74, 6) is 1.15. The second-order valence-electron chi connectivity index (χ2n) is 6.26. The van der Waals surface area contributed by atoms with Gasteiger partial charge < -0.3 is 10.6 Å². The zero-order valence-corrected chi connectivity index (χ0v) is 12.9. The van der Waals surface area contributed by atoms with Crippen LogP contribution in [0.3, 0.4) is 0 Å². The molecule has 0 saturated carbocycles. The van der Waals surface area contributed by atoms with Gasteiger partial charge in [-0.2, -0.15) is 0 Å². The Morgan fingerprint density at radius 2 is 2.10 bits per heavy atom. The van der Waals surface area contributed by atoms with E-state index in [0.29, 0.717) is 31.3 Å². The SMILES string of the molecule is CC(C)C1CCC(=O)N(Cc2ccc(F)cc2CN)CC1. The third-order valence-electron chi connectivity index (χ3n) is 4.54. The Balaban J connectivity index is 2.10. The Bertz CT molecular complexity index is 502. The molecule has 2 rings (SSSR count). The van der Waals surface area contributed by atoms with Gasteiger partial charge in [0.05, 0.1) is 0 Å². The molecule has 0 aromatic heterocycles. The first-order chi connectivity index (χ1) is 10.0. The summed E-state index contributed by atoms with van der Waals surface area (Å²) >= 11 is 0. The van der Waals surface area contributed by atoms with Gasteiger partial charge in [-0.3, -0.25) is 4.79 Å². The molecule has 1 unspecified atom stereocenters. The lowest BCUT2D eigenvalue weighted by Crippen LogP contribution is -2.30. The van der Waals surface area contributed by atoms with E-state index >= 15 is 0 Å². The fraction of sp³-hybridized carbons (Fsp3) is 0.588. The van der Waals surface area contributed by atoms with Crippen LogP contribution < -0.4 is 5.73 Å². The molecular formula is C17H25FN2O. The molecule has 1 aliphatic heterocycles. The fourth-order valence-electron chi connectivity index (χ4n) is 3.04. The maximum Gasteiger partial charge on any atom is 0.222 e. The van der Waals surface area contributed by atoms with Crippen LogP contribution in [0.25, 0.3) is 0 Å². The largest absolute Gasteiger partial charge is 0.338 e. The van der Waals surface area contributed by atoms with Crippen LogP contribution in [0.2, 0.25) is 0 Å². The van der Waals surface area contributed by atoms with Crippen LogP contribution >= 0.6 is 0 Å². The van der Waals surface area contributed by atoms with Crippen molar-refractivity contribution < 1.29 is 9.18 Å². The van der Waals surface area contributed by atoms with Gasteiger partial charge in [0.15, 0.2) is 0 Å². The summed E-state index contributed by atoms with van der Waals surface area (Å²) in [7, 11) is 0. The van der Waals surface area contributed by atoms with E-state index in [0.717, 1.165) is 30.5 Å². The van der Waals surface area contributed by atoms with Crippen molar-refractivity contribution in [1.82, 2.24) is 4.90 Å². The van der Waals surface area contributed by atoms with Crippen LogP contribution in [0.1, 0.15) is 44.2 Å². The number of amides is 1. The molecule has 1 amide bonds. The van der Waals surface area contributed by atoms with Crippen molar-refractivity contribution in [3.63, 3.8) is 0 Å². The minimum absolute atomic E-state index is 0.199. The minimum atomic E-state index is -0.277. The molecule has 1 aliphatic rings. The molecule has 1 aromatic rings. The number of benzene rings is 1. The zero-order chi connectivity index (χ0) is 15.4. The van der Waals surface area contributed by atoms with E-state index in [1.165, 1.54) is 12.1 Å². The first-order valence-corrected chi connectivity index (χ1v) is 7.76. The Labute approximate surface area is 126 Å². The molecule has 1 heterocycles. The monoisotopic (exact) mass is 292 g/mol. The van der Waals surface area contributed by atoms with Crippen molar-refractivity contribution in [2.24, 2.45) is 17.6 Å². The standard InChI is InChI=1S/C17H25FN2O/c1-12(2)13-4-6-17(21)20(8-7-13)11-14-3-5-16(18)9-15(14)10-19/h3,5,9,12-13H,4,6-8,10-11,19H2,1-2H3. The van der Waals surface area contributed by atoms with Crippen molar-refractivity contribution in [2.45, 2.75) is 46.2 Å². The third-order valence-corrected chi connectivity index (χ3v) is 4.54. The molecule has 0 radical (unpaired) electrons. The van der Waals surface area contributed by atoms with Gasteiger partial charge in [0.2, 0.25) is 5.91 Å². The van der Waals surface area contributed by atoms with Crippen molar-refractivity contribution in [3.8, 4) is 0 Å². The topological polar surface area (TPSA) is 46.3 Å². The highest BCUT2D eigenvalue weighted by Gasteiger charge is 2.24. The van der Waals surface area contributed by atoms with Crippen LogP contribution in [0.15, 0.2) is 18.2 Å². The predicted molar refractivity (Wildman–Crippen MR) is 81.9 cm³/mol. The van der Waals surface area contributed by atoms with Gasteiger partial charge in [-0.25, -0.2) is 4.39 Å². The second-order valence-corrected chi connectivity index (χ2v) is 6.26. The molecule has 21 heavy (non-hydrogen) atoms. The summed E-state index contributed by atoms with van der Waals surface area (Å²) in [4.78, 5) is 14.2. The van der Waals surface area contributed by atoms with Crippen molar-refractivity contribution in [1.29, 1.82) is 0 Å². The third kappa shape index (κ3) is 4.03. The van der Waals surface area contributed by atoms with Crippen LogP contribution in [0.5, 0.6) is 0 Å². The summed E-state index contributed by atoms with van der Waals surface area (Å²) in [5, 5.41) is 0. The van der Waals surface area contributed by atoms with E-state index in [9.17, 15) is 9.18 Å². The average molecular weight is 292 g/mol. The fourth-order valence-corrected chi connectivity index (χ4v) is 3.04. The van der Waals surface area contributed by atoms with Crippen LogP contribution in [0, 0.1) is 17.7 Å². The minimum Gasteiger partial charge on any atom is -0.338 e.